The Morgan fingerprint density at radius 2 is 1.79 bits per heavy atom. The smallest absolute Gasteiger partial charge is 0.248 e. The first-order chi connectivity index (χ1) is 11.3. The molecule has 0 fully saturated rings. The Balaban J connectivity index is 2.08. The Hall–Kier alpha value is -2.15. The van der Waals surface area contributed by atoms with E-state index in [1.807, 2.05) is 13.0 Å². The largest absolute Gasteiger partial charge is 0.322 e. The van der Waals surface area contributed by atoms with E-state index in [9.17, 15) is 13.2 Å². The van der Waals surface area contributed by atoms with Crippen LogP contribution in [0, 0.1) is 6.92 Å². The average Bonchev–Trinajstić information content (AvgIpc) is 2.56. The van der Waals surface area contributed by atoms with Crippen molar-refractivity contribution in [2.45, 2.75) is 11.8 Å². The van der Waals surface area contributed by atoms with Gasteiger partial charge in [0.1, 0.15) is 0 Å². The summed E-state index contributed by atoms with van der Waals surface area (Å²) < 4.78 is 25.5. The number of nitrogens with one attached hydrogen (secondary N) is 2. The second-order valence-electron chi connectivity index (χ2n) is 5.06. The maximum Gasteiger partial charge on any atom is 0.248 e. The summed E-state index contributed by atoms with van der Waals surface area (Å²) >= 11 is 5.91. The predicted molar refractivity (Wildman–Crippen MR) is 96.5 cm³/mol. The topological polar surface area (TPSA) is 75.3 Å². The Morgan fingerprint density at radius 3 is 2.42 bits per heavy atom. The van der Waals surface area contributed by atoms with Crippen molar-refractivity contribution in [1.29, 1.82) is 0 Å². The van der Waals surface area contributed by atoms with E-state index >= 15 is 0 Å². The number of benzene rings is 2. The third kappa shape index (κ3) is 4.67. The van der Waals surface area contributed by atoms with Crippen LogP contribution < -0.4 is 10.0 Å². The predicted octanol–water partition coefficient (Wildman–Crippen LogP) is 3.21. The maximum absolute atomic E-state index is 12.0. The van der Waals surface area contributed by atoms with Crippen molar-refractivity contribution in [3.05, 3.63) is 64.7 Å². The van der Waals surface area contributed by atoms with Crippen molar-refractivity contribution in [1.82, 2.24) is 4.72 Å². The van der Waals surface area contributed by atoms with Crippen LogP contribution in [0.1, 0.15) is 11.1 Å². The highest BCUT2D eigenvalue weighted by Crippen LogP contribution is 2.20. The van der Waals surface area contributed by atoms with Crippen molar-refractivity contribution in [3.63, 3.8) is 0 Å². The van der Waals surface area contributed by atoms with E-state index in [1.165, 1.54) is 25.3 Å². The van der Waals surface area contributed by atoms with Gasteiger partial charge in [-0.3, -0.25) is 4.79 Å². The summed E-state index contributed by atoms with van der Waals surface area (Å²) in [5.74, 6) is -0.299. The first kappa shape index (κ1) is 18.2. The van der Waals surface area contributed by atoms with Gasteiger partial charge in [-0.25, -0.2) is 13.1 Å². The molecule has 0 aromatic heterocycles. The average molecular weight is 365 g/mol. The highest BCUT2D eigenvalue weighted by molar-refractivity contribution is 7.89. The van der Waals surface area contributed by atoms with Gasteiger partial charge in [-0.05, 0) is 55.4 Å². The fourth-order valence-electron chi connectivity index (χ4n) is 1.95. The van der Waals surface area contributed by atoms with Crippen LogP contribution in [0.5, 0.6) is 0 Å². The quantitative estimate of drug-likeness (QED) is 0.800. The zero-order valence-corrected chi connectivity index (χ0v) is 14.8. The fourth-order valence-corrected chi connectivity index (χ4v) is 2.85. The van der Waals surface area contributed by atoms with Crippen LogP contribution in [-0.2, 0) is 14.8 Å². The number of hydrogen-bond acceptors (Lipinski definition) is 3. The monoisotopic (exact) mass is 364 g/mol. The van der Waals surface area contributed by atoms with Crippen LogP contribution in [0.2, 0.25) is 5.02 Å². The third-order valence-electron chi connectivity index (χ3n) is 3.34. The van der Waals surface area contributed by atoms with Gasteiger partial charge in [0.05, 0.1) is 4.90 Å². The summed E-state index contributed by atoms with van der Waals surface area (Å²) in [6.45, 7) is 1.87. The summed E-state index contributed by atoms with van der Waals surface area (Å²) in [4.78, 5) is 12.1. The summed E-state index contributed by atoms with van der Waals surface area (Å²) in [5, 5.41) is 3.29. The Kier molecular flexibility index (Phi) is 5.77. The van der Waals surface area contributed by atoms with E-state index in [1.54, 1.807) is 30.3 Å². The summed E-state index contributed by atoms with van der Waals surface area (Å²) in [6, 6.07) is 11.5. The summed E-state index contributed by atoms with van der Waals surface area (Å²) in [7, 11) is -2.11. The van der Waals surface area contributed by atoms with E-state index in [0.717, 1.165) is 5.56 Å². The number of hydrogen-bond donors (Lipinski definition) is 2. The van der Waals surface area contributed by atoms with Gasteiger partial charge >= 0.3 is 0 Å². The molecule has 126 valence electrons. The number of sulfonamides is 1. The van der Waals surface area contributed by atoms with Crippen LogP contribution in [0.15, 0.2) is 53.4 Å². The van der Waals surface area contributed by atoms with Gasteiger partial charge in [0, 0.05) is 16.8 Å². The highest BCUT2D eigenvalue weighted by atomic mass is 35.5. The van der Waals surface area contributed by atoms with Gasteiger partial charge in [0.15, 0.2) is 0 Å². The highest BCUT2D eigenvalue weighted by Gasteiger charge is 2.09. The van der Waals surface area contributed by atoms with Crippen molar-refractivity contribution in [2.24, 2.45) is 0 Å². The van der Waals surface area contributed by atoms with E-state index < -0.39 is 10.0 Å². The Labute approximate surface area is 146 Å². The maximum atomic E-state index is 12.0. The van der Waals surface area contributed by atoms with E-state index in [-0.39, 0.29) is 10.8 Å². The lowest BCUT2D eigenvalue weighted by molar-refractivity contribution is -0.111. The summed E-state index contributed by atoms with van der Waals surface area (Å²) in [6.07, 6.45) is 2.98. The molecular weight excluding hydrogens is 348 g/mol. The molecule has 2 aromatic carbocycles. The summed E-state index contributed by atoms with van der Waals surface area (Å²) in [5.41, 5.74) is 2.26. The number of rotatable bonds is 5. The van der Waals surface area contributed by atoms with E-state index in [2.05, 4.69) is 10.0 Å². The molecule has 2 aromatic rings. The number of anilines is 1. The lowest BCUT2D eigenvalue weighted by Crippen LogP contribution is -2.18. The minimum atomic E-state index is -3.46. The normalized spacial score (nSPS) is 11.6. The molecule has 0 unspecified atom stereocenters. The van der Waals surface area contributed by atoms with Gasteiger partial charge < -0.3 is 5.32 Å². The van der Waals surface area contributed by atoms with Gasteiger partial charge in [-0.2, -0.15) is 0 Å². The second-order valence-corrected chi connectivity index (χ2v) is 7.38. The molecule has 1 amide bonds. The molecular formula is C17H17ClN2O3S. The van der Waals surface area contributed by atoms with Gasteiger partial charge in [0.25, 0.3) is 0 Å². The third-order valence-corrected chi connectivity index (χ3v) is 5.01. The lowest BCUT2D eigenvalue weighted by atomic mass is 10.2. The standard InChI is InChI=1S/C17H17ClN2O3S/c1-12-3-7-14(18)11-16(12)20-17(21)10-6-13-4-8-15(9-5-13)24(22,23)19-2/h3-11,19H,1-2H3,(H,20,21)/b10-6+. The molecule has 0 aliphatic rings. The first-order valence-corrected chi connectivity index (χ1v) is 8.97. The molecule has 2 N–H and O–H groups in total. The van der Waals surface area contributed by atoms with Crippen molar-refractivity contribution >= 4 is 39.3 Å². The van der Waals surface area contributed by atoms with E-state index in [0.29, 0.717) is 16.3 Å². The Morgan fingerprint density at radius 1 is 1.12 bits per heavy atom. The molecule has 0 saturated carbocycles. The van der Waals surface area contributed by atoms with Crippen molar-refractivity contribution in [2.75, 3.05) is 12.4 Å². The van der Waals surface area contributed by atoms with E-state index in [4.69, 9.17) is 11.6 Å². The van der Waals surface area contributed by atoms with Crippen molar-refractivity contribution < 1.29 is 13.2 Å². The number of carbonyl (C=O) groups excluding carboxylic acids is 1. The molecule has 7 heteroatoms. The second kappa shape index (κ2) is 7.61. The van der Waals surface area contributed by atoms with Gasteiger partial charge in [-0.15, -0.1) is 0 Å². The zero-order valence-electron chi connectivity index (χ0n) is 13.2. The van der Waals surface area contributed by atoms with Crippen LogP contribution >= 0.6 is 11.6 Å². The first-order valence-electron chi connectivity index (χ1n) is 7.10. The molecule has 0 aliphatic heterocycles. The lowest BCUT2D eigenvalue weighted by Gasteiger charge is -2.06. The molecule has 0 aliphatic carbocycles. The SMILES string of the molecule is CNS(=O)(=O)c1ccc(/C=C/C(=O)Nc2cc(Cl)ccc2C)cc1. The van der Waals surface area contributed by atoms with Crippen LogP contribution in [0.4, 0.5) is 5.69 Å². The fraction of sp³-hybridized carbons (Fsp3) is 0.118. The number of carbonyl (C=O) groups is 1. The molecule has 0 heterocycles. The number of amides is 1. The molecule has 2 rings (SSSR count). The van der Waals surface area contributed by atoms with Crippen LogP contribution in [0.25, 0.3) is 6.08 Å². The number of aryl methyl sites for hydroxylation is 1. The van der Waals surface area contributed by atoms with Gasteiger partial charge in [-0.1, -0.05) is 29.8 Å². The Bertz CT molecular complexity index is 875. The number of halogens is 1. The van der Waals surface area contributed by atoms with Crippen LogP contribution in [0.3, 0.4) is 0 Å². The molecule has 0 atom stereocenters. The van der Waals surface area contributed by atoms with Crippen LogP contribution in [-0.4, -0.2) is 21.4 Å². The molecule has 5 nitrogen and oxygen atoms in total. The minimum Gasteiger partial charge on any atom is -0.322 e. The molecule has 0 bridgehead atoms. The molecule has 24 heavy (non-hydrogen) atoms. The zero-order chi connectivity index (χ0) is 17.7. The molecule has 0 radical (unpaired) electrons. The van der Waals surface area contributed by atoms with Gasteiger partial charge in [0.2, 0.25) is 15.9 Å². The minimum absolute atomic E-state index is 0.168. The molecule has 0 spiro atoms. The molecule has 0 saturated heterocycles. The van der Waals surface area contributed by atoms with Crippen molar-refractivity contribution in [3.8, 4) is 0 Å².